The lowest BCUT2D eigenvalue weighted by Gasteiger charge is -2.54. The minimum atomic E-state index is -0.237. The number of ether oxygens (including phenoxy) is 2. The first-order valence-electron chi connectivity index (χ1n) is 10.8. The summed E-state index contributed by atoms with van der Waals surface area (Å²) in [7, 11) is 0. The quantitative estimate of drug-likeness (QED) is 0.795. The molecule has 0 amide bonds. The van der Waals surface area contributed by atoms with Gasteiger partial charge < -0.3 is 19.9 Å². The highest BCUT2D eigenvalue weighted by atomic mass is 16.5. The van der Waals surface area contributed by atoms with Crippen molar-refractivity contribution in [1.82, 2.24) is 5.32 Å². The van der Waals surface area contributed by atoms with Gasteiger partial charge in [0.05, 0.1) is 12.7 Å². The number of rotatable bonds is 4. The van der Waals surface area contributed by atoms with Crippen LogP contribution in [0.15, 0.2) is 18.2 Å². The summed E-state index contributed by atoms with van der Waals surface area (Å²) in [5, 5.41) is 13.5. The third kappa shape index (κ3) is 3.71. The minimum Gasteiger partial charge on any atom is -0.508 e. The molecule has 4 rings (SSSR count). The summed E-state index contributed by atoms with van der Waals surface area (Å²) < 4.78 is 13.2. The fourth-order valence-corrected chi connectivity index (χ4v) is 5.43. The van der Waals surface area contributed by atoms with Crippen molar-refractivity contribution in [3.8, 4) is 11.5 Å². The van der Waals surface area contributed by atoms with Crippen molar-refractivity contribution in [2.75, 3.05) is 19.7 Å². The third-order valence-corrected chi connectivity index (χ3v) is 7.14. The molecule has 3 atom stereocenters. The Bertz CT molecular complexity index is 668. The average molecular weight is 374 g/mol. The Hall–Kier alpha value is -1.26. The minimum absolute atomic E-state index is 0.0823. The van der Waals surface area contributed by atoms with Crippen LogP contribution in [0.25, 0.3) is 0 Å². The molecule has 2 N–H and O–H groups in total. The molecule has 0 unspecified atom stereocenters. The summed E-state index contributed by atoms with van der Waals surface area (Å²) in [4.78, 5) is 0. The molecular formula is C23H35NO3. The largest absolute Gasteiger partial charge is 0.508 e. The van der Waals surface area contributed by atoms with Crippen LogP contribution in [0, 0.1) is 17.3 Å². The molecule has 3 aliphatic heterocycles. The van der Waals surface area contributed by atoms with Crippen molar-refractivity contribution in [1.29, 1.82) is 0 Å². The molecule has 2 saturated heterocycles. The van der Waals surface area contributed by atoms with Crippen LogP contribution in [0.4, 0.5) is 0 Å². The zero-order valence-corrected chi connectivity index (χ0v) is 17.1. The molecule has 0 saturated carbocycles. The van der Waals surface area contributed by atoms with Crippen LogP contribution in [0.1, 0.15) is 71.0 Å². The maximum atomic E-state index is 9.97. The molecule has 2 fully saturated rings. The lowest BCUT2D eigenvalue weighted by Crippen LogP contribution is -2.55. The predicted molar refractivity (Wildman–Crippen MR) is 107 cm³/mol. The molecule has 150 valence electrons. The van der Waals surface area contributed by atoms with Crippen molar-refractivity contribution in [2.24, 2.45) is 17.3 Å². The predicted octanol–water partition coefficient (Wildman–Crippen LogP) is 4.82. The Morgan fingerprint density at radius 2 is 2.04 bits per heavy atom. The smallest absolute Gasteiger partial charge is 0.129 e. The Balaban J connectivity index is 1.64. The highest BCUT2D eigenvalue weighted by Gasteiger charge is 2.53. The van der Waals surface area contributed by atoms with E-state index >= 15 is 0 Å². The van der Waals surface area contributed by atoms with Gasteiger partial charge in [0.2, 0.25) is 0 Å². The molecule has 1 spiro atoms. The third-order valence-electron chi connectivity index (χ3n) is 7.14. The first kappa shape index (κ1) is 19.1. The highest BCUT2D eigenvalue weighted by molar-refractivity contribution is 5.44. The monoisotopic (exact) mass is 373 g/mol. The van der Waals surface area contributed by atoms with E-state index in [1.165, 1.54) is 32.1 Å². The van der Waals surface area contributed by atoms with Gasteiger partial charge in [0, 0.05) is 17.5 Å². The van der Waals surface area contributed by atoms with E-state index in [9.17, 15) is 5.11 Å². The van der Waals surface area contributed by atoms with Crippen LogP contribution in [-0.4, -0.2) is 30.4 Å². The number of hydrogen-bond donors (Lipinski definition) is 2. The topological polar surface area (TPSA) is 50.7 Å². The summed E-state index contributed by atoms with van der Waals surface area (Å²) in [6.45, 7) is 9.88. The molecule has 3 heterocycles. The van der Waals surface area contributed by atoms with Gasteiger partial charge in [0.25, 0.3) is 0 Å². The van der Waals surface area contributed by atoms with E-state index in [0.717, 1.165) is 37.4 Å². The average Bonchev–Trinajstić information content (AvgIpc) is 2.62. The van der Waals surface area contributed by atoms with E-state index in [1.54, 1.807) is 12.1 Å². The standard InChI is InChI=1S/C23H35NO3/c1-16(2)5-4-8-22(3)19-14-23(9-11-24-12-10-23)15-26-21(19)18-7-6-17(25)13-20(18)27-22/h6-7,13,16,19,21,24-25H,4-5,8-12,14-15H2,1-3H3/t19-,21+,22-/m0/s1. The van der Waals surface area contributed by atoms with Crippen LogP contribution in [0.2, 0.25) is 0 Å². The molecule has 27 heavy (non-hydrogen) atoms. The van der Waals surface area contributed by atoms with Gasteiger partial charge >= 0.3 is 0 Å². The van der Waals surface area contributed by atoms with Crippen LogP contribution >= 0.6 is 0 Å². The fraction of sp³-hybridized carbons (Fsp3) is 0.739. The zero-order chi connectivity index (χ0) is 19.1. The van der Waals surface area contributed by atoms with Gasteiger partial charge in [0.1, 0.15) is 17.1 Å². The second-order valence-corrected chi connectivity index (χ2v) is 9.72. The number of phenolic OH excluding ortho intramolecular Hbond substituents is 1. The molecule has 0 bridgehead atoms. The number of nitrogens with one attached hydrogen (secondary N) is 1. The summed E-state index contributed by atoms with van der Waals surface area (Å²) >= 11 is 0. The summed E-state index contributed by atoms with van der Waals surface area (Å²) in [5.74, 6) is 2.16. The van der Waals surface area contributed by atoms with Crippen LogP contribution in [0.5, 0.6) is 11.5 Å². The normalized spacial score (nSPS) is 32.0. The Labute approximate surface area is 163 Å². The van der Waals surface area contributed by atoms with E-state index in [-0.39, 0.29) is 17.5 Å². The molecule has 4 heteroatoms. The molecule has 0 aliphatic carbocycles. The van der Waals surface area contributed by atoms with Gasteiger partial charge in [0.15, 0.2) is 0 Å². The molecule has 1 aromatic carbocycles. The SMILES string of the molecule is CC(C)CCC[C@]1(C)Oc2cc(O)ccc2[C@H]2OCC3(CCNCC3)C[C@@H]21. The number of piperidine rings is 1. The van der Waals surface area contributed by atoms with Gasteiger partial charge in [-0.1, -0.05) is 20.3 Å². The van der Waals surface area contributed by atoms with Crippen LogP contribution < -0.4 is 10.1 Å². The molecular weight excluding hydrogens is 338 g/mol. The van der Waals surface area contributed by atoms with Gasteiger partial charge in [-0.05, 0) is 75.6 Å². The maximum Gasteiger partial charge on any atom is 0.129 e. The number of benzene rings is 1. The van der Waals surface area contributed by atoms with E-state index in [4.69, 9.17) is 9.47 Å². The van der Waals surface area contributed by atoms with E-state index < -0.39 is 0 Å². The molecule has 0 radical (unpaired) electrons. The Morgan fingerprint density at radius 3 is 2.78 bits per heavy atom. The first-order chi connectivity index (χ1) is 12.9. The van der Waals surface area contributed by atoms with Crippen LogP contribution in [0.3, 0.4) is 0 Å². The van der Waals surface area contributed by atoms with Gasteiger partial charge in [-0.15, -0.1) is 0 Å². The zero-order valence-electron chi connectivity index (χ0n) is 17.1. The molecule has 3 aliphatic rings. The molecule has 1 aromatic rings. The van der Waals surface area contributed by atoms with E-state index in [1.807, 2.05) is 6.07 Å². The van der Waals surface area contributed by atoms with E-state index in [2.05, 4.69) is 26.1 Å². The van der Waals surface area contributed by atoms with Crippen molar-refractivity contribution in [2.45, 2.75) is 71.0 Å². The number of fused-ring (bicyclic) bond motifs is 3. The Kier molecular flexibility index (Phi) is 5.15. The van der Waals surface area contributed by atoms with Crippen molar-refractivity contribution >= 4 is 0 Å². The summed E-state index contributed by atoms with van der Waals surface area (Å²) in [6, 6.07) is 5.53. The van der Waals surface area contributed by atoms with Gasteiger partial charge in [-0.3, -0.25) is 0 Å². The van der Waals surface area contributed by atoms with Crippen molar-refractivity contribution < 1.29 is 14.6 Å². The lowest BCUT2D eigenvalue weighted by molar-refractivity contribution is -0.176. The van der Waals surface area contributed by atoms with Gasteiger partial charge in [-0.25, -0.2) is 0 Å². The maximum absolute atomic E-state index is 9.97. The second kappa shape index (κ2) is 7.29. The highest BCUT2D eigenvalue weighted by Crippen LogP contribution is 2.56. The lowest BCUT2D eigenvalue weighted by atomic mass is 9.63. The summed E-state index contributed by atoms with van der Waals surface area (Å²) in [5.41, 5.74) is 1.17. The number of phenols is 1. The van der Waals surface area contributed by atoms with Crippen LogP contribution in [-0.2, 0) is 4.74 Å². The Morgan fingerprint density at radius 1 is 1.26 bits per heavy atom. The fourth-order valence-electron chi connectivity index (χ4n) is 5.43. The van der Waals surface area contributed by atoms with Crippen molar-refractivity contribution in [3.63, 3.8) is 0 Å². The number of aromatic hydroxyl groups is 1. The van der Waals surface area contributed by atoms with Crippen molar-refractivity contribution in [3.05, 3.63) is 23.8 Å². The first-order valence-corrected chi connectivity index (χ1v) is 10.8. The van der Waals surface area contributed by atoms with Gasteiger partial charge in [-0.2, -0.15) is 0 Å². The number of hydrogen-bond acceptors (Lipinski definition) is 4. The van der Waals surface area contributed by atoms with E-state index in [0.29, 0.717) is 17.3 Å². The summed E-state index contributed by atoms with van der Waals surface area (Å²) in [6.07, 6.45) is 7.08. The molecule has 0 aromatic heterocycles. The second-order valence-electron chi connectivity index (χ2n) is 9.72. The molecule has 4 nitrogen and oxygen atoms in total.